The van der Waals surface area contributed by atoms with Gasteiger partial charge in [-0.05, 0) is 39.7 Å². The molecule has 1 amide bonds. The van der Waals surface area contributed by atoms with Gasteiger partial charge >= 0.3 is 0 Å². The van der Waals surface area contributed by atoms with E-state index >= 15 is 0 Å². The molecule has 1 aromatic heterocycles. The van der Waals surface area contributed by atoms with Crippen LogP contribution in [-0.4, -0.2) is 59.5 Å². The Hall–Kier alpha value is -0.980. The quantitative estimate of drug-likeness (QED) is 0.915. The fraction of sp³-hybridized carbons (Fsp3) is 0.765. The Morgan fingerprint density at radius 2 is 2.26 bits per heavy atom. The summed E-state index contributed by atoms with van der Waals surface area (Å²) in [7, 11) is 0. The average Bonchev–Trinajstić information content (AvgIpc) is 2.80. The SMILES string of the molecule is Cc1nc(CN2CCCN(C(=O)[C@H]3CCN[C@@H](C)C3)CC2)cs1. The van der Waals surface area contributed by atoms with Gasteiger partial charge in [-0.1, -0.05) is 0 Å². The lowest BCUT2D eigenvalue weighted by Crippen LogP contribution is -2.45. The van der Waals surface area contributed by atoms with Gasteiger partial charge in [0.15, 0.2) is 0 Å². The molecule has 128 valence electrons. The topological polar surface area (TPSA) is 48.5 Å². The number of piperidine rings is 1. The summed E-state index contributed by atoms with van der Waals surface area (Å²) < 4.78 is 0. The maximum absolute atomic E-state index is 12.8. The molecule has 2 aliphatic rings. The molecular formula is C17H28N4OS. The third-order valence-corrected chi connectivity index (χ3v) is 5.75. The highest BCUT2D eigenvalue weighted by molar-refractivity contribution is 7.09. The van der Waals surface area contributed by atoms with Crippen molar-refractivity contribution in [3.8, 4) is 0 Å². The molecule has 0 aliphatic carbocycles. The fourth-order valence-electron chi connectivity index (χ4n) is 3.67. The predicted molar refractivity (Wildman–Crippen MR) is 93.5 cm³/mol. The summed E-state index contributed by atoms with van der Waals surface area (Å²) in [6.07, 6.45) is 3.04. The first-order valence-corrected chi connectivity index (χ1v) is 9.65. The molecule has 1 N–H and O–H groups in total. The number of aromatic nitrogens is 1. The van der Waals surface area contributed by atoms with Gasteiger partial charge in [-0.25, -0.2) is 4.98 Å². The highest BCUT2D eigenvalue weighted by Gasteiger charge is 2.29. The van der Waals surface area contributed by atoms with E-state index in [2.05, 4.69) is 39.3 Å². The minimum absolute atomic E-state index is 0.221. The zero-order chi connectivity index (χ0) is 16.2. The van der Waals surface area contributed by atoms with E-state index in [1.54, 1.807) is 11.3 Å². The smallest absolute Gasteiger partial charge is 0.225 e. The third-order valence-electron chi connectivity index (χ3n) is 4.93. The van der Waals surface area contributed by atoms with E-state index in [0.717, 1.165) is 63.5 Å². The number of carbonyl (C=O) groups excluding carboxylic acids is 1. The van der Waals surface area contributed by atoms with Gasteiger partial charge in [0.05, 0.1) is 10.7 Å². The second kappa shape index (κ2) is 7.73. The lowest BCUT2D eigenvalue weighted by atomic mass is 9.92. The van der Waals surface area contributed by atoms with E-state index in [0.29, 0.717) is 11.9 Å². The van der Waals surface area contributed by atoms with Gasteiger partial charge in [0.25, 0.3) is 0 Å². The Kier molecular flexibility index (Phi) is 5.67. The summed E-state index contributed by atoms with van der Waals surface area (Å²) in [4.78, 5) is 21.9. The van der Waals surface area contributed by atoms with Crippen molar-refractivity contribution in [2.24, 2.45) is 5.92 Å². The summed E-state index contributed by atoms with van der Waals surface area (Å²) in [6, 6.07) is 0.467. The van der Waals surface area contributed by atoms with Crippen LogP contribution < -0.4 is 5.32 Å². The predicted octanol–water partition coefficient (Wildman–Crippen LogP) is 1.87. The number of amides is 1. The molecule has 0 radical (unpaired) electrons. The molecule has 3 rings (SSSR count). The van der Waals surface area contributed by atoms with Crippen LogP contribution in [0.4, 0.5) is 0 Å². The summed E-state index contributed by atoms with van der Waals surface area (Å²) in [5.41, 5.74) is 1.17. The molecular weight excluding hydrogens is 308 g/mol. The maximum Gasteiger partial charge on any atom is 0.225 e. The molecule has 6 heteroatoms. The molecule has 2 fully saturated rings. The van der Waals surface area contributed by atoms with E-state index in [9.17, 15) is 4.79 Å². The molecule has 2 atom stereocenters. The van der Waals surface area contributed by atoms with Crippen LogP contribution in [0.1, 0.15) is 36.9 Å². The Morgan fingerprint density at radius 1 is 1.39 bits per heavy atom. The summed E-state index contributed by atoms with van der Waals surface area (Å²) in [5, 5.41) is 6.72. The Bertz CT molecular complexity index is 532. The van der Waals surface area contributed by atoms with E-state index in [1.165, 1.54) is 5.69 Å². The van der Waals surface area contributed by atoms with E-state index in [1.807, 2.05) is 0 Å². The lowest BCUT2D eigenvalue weighted by Gasteiger charge is -2.31. The van der Waals surface area contributed by atoms with Gasteiger partial charge in [0, 0.05) is 50.1 Å². The third kappa shape index (κ3) is 4.52. The number of rotatable bonds is 3. The number of hydrogen-bond acceptors (Lipinski definition) is 5. The van der Waals surface area contributed by atoms with Crippen molar-refractivity contribution < 1.29 is 4.79 Å². The van der Waals surface area contributed by atoms with Crippen LogP contribution >= 0.6 is 11.3 Å². The van der Waals surface area contributed by atoms with Crippen molar-refractivity contribution in [2.75, 3.05) is 32.7 Å². The van der Waals surface area contributed by atoms with Gasteiger partial charge in [-0.3, -0.25) is 9.69 Å². The minimum Gasteiger partial charge on any atom is -0.341 e. The number of nitrogens with zero attached hydrogens (tertiary/aromatic N) is 3. The van der Waals surface area contributed by atoms with Crippen molar-refractivity contribution in [1.29, 1.82) is 0 Å². The zero-order valence-electron chi connectivity index (χ0n) is 14.3. The van der Waals surface area contributed by atoms with E-state index in [4.69, 9.17) is 0 Å². The van der Waals surface area contributed by atoms with Crippen molar-refractivity contribution in [3.63, 3.8) is 0 Å². The molecule has 1 aromatic rings. The first kappa shape index (κ1) is 16.9. The standard InChI is InChI=1S/C17H28N4OS/c1-13-10-15(4-5-18-13)17(22)21-7-3-6-20(8-9-21)11-16-12-23-14(2)19-16/h12-13,15,18H,3-11H2,1-2H3/t13-,15-/m0/s1. The Morgan fingerprint density at radius 3 is 3.00 bits per heavy atom. The molecule has 0 saturated carbocycles. The number of aryl methyl sites for hydroxylation is 1. The lowest BCUT2D eigenvalue weighted by molar-refractivity contribution is -0.136. The highest BCUT2D eigenvalue weighted by atomic mass is 32.1. The number of nitrogens with one attached hydrogen (secondary N) is 1. The number of carbonyl (C=O) groups is 1. The van der Waals surface area contributed by atoms with Gasteiger partial charge in [-0.2, -0.15) is 0 Å². The van der Waals surface area contributed by atoms with Crippen LogP contribution in [0, 0.1) is 12.8 Å². The zero-order valence-corrected chi connectivity index (χ0v) is 15.1. The van der Waals surface area contributed by atoms with Crippen LogP contribution in [0.5, 0.6) is 0 Å². The summed E-state index contributed by atoms with van der Waals surface area (Å²) in [5.74, 6) is 0.601. The minimum atomic E-state index is 0.221. The van der Waals surface area contributed by atoms with Gasteiger partial charge in [-0.15, -0.1) is 11.3 Å². The van der Waals surface area contributed by atoms with E-state index < -0.39 is 0 Å². The molecule has 23 heavy (non-hydrogen) atoms. The van der Waals surface area contributed by atoms with Crippen molar-refractivity contribution in [2.45, 2.75) is 45.7 Å². The second-order valence-electron chi connectivity index (χ2n) is 6.89. The van der Waals surface area contributed by atoms with Crippen LogP contribution in [-0.2, 0) is 11.3 Å². The Labute approximate surface area is 143 Å². The van der Waals surface area contributed by atoms with Crippen LogP contribution in [0.3, 0.4) is 0 Å². The highest BCUT2D eigenvalue weighted by Crippen LogP contribution is 2.20. The van der Waals surface area contributed by atoms with Crippen LogP contribution in [0.25, 0.3) is 0 Å². The molecule has 0 spiro atoms. The van der Waals surface area contributed by atoms with Gasteiger partial charge < -0.3 is 10.2 Å². The Balaban J connectivity index is 1.52. The molecule has 5 nitrogen and oxygen atoms in total. The van der Waals surface area contributed by atoms with Crippen LogP contribution in [0.2, 0.25) is 0 Å². The molecule has 0 aromatic carbocycles. The monoisotopic (exact) mass is 336 g/mol. The van der Waals surface area contributed by atoms with Gasteiger partial charge in [0.2, 0.25) is 5.91 Å². The first-order chi connectivity index (χ1) is 11.1. The molecule has 3 heterocycles. The number of thiazole rings is 1. The average molecular weight is 337 g/mol. The normalized spacial score (nSPS) is 27.0. The molecule has 0 bridgehead atoms. The largest absolute Gasteiger partial charge is 0.341 e. The first-order valence-electron chi connectivity index (χ1n) is 8.77. The fourth-order valence-corrected chi connectivity index (χ4v) is 4.28. The molecule has 2 saturated heterocycles. The van der Waals surface area contributed by atoms with Crippen molar-refractivity contribution in [1.82, 2.24) is 20.1 Å². The maximum atomic E-state index is 12.8. The summed E-state index contributed by atoms with van der Waals surface area (Å²) in [6.45, 7) is 9.91. The van der Waals surface area contributed by atoms with Crippen LogP contribution in [0.15, 0.2) is 5.38 Å². The van der Waals surface area contributed by atoms with Crippen molar-refractivity contribution >= 4 is 17.2 Å². The second-order valence-corrected chi connectivity index (χ2v) is 7.95. The van der Waals surface area contributed by atoms with E-state index in [-0.39, 0.29) is 5.92 Å². The number of hydrogen-bond donors (Lipinski definition) is 1. The van der Waals surface area contributed by atoms with Crippen molar-refractivity contribution in [3.05, 3.63) is 16.1 Å². The van der Waals surface area contributed by atoms with Gasteiger partial charge in [0.1, 0.15) is 0 Å². The molecule has 0 unspecified atom stereocenters. The molecule has 2 aliphatic heterocycles. The summed E-state index contributed by atoms with van der Waals surface area (Å²) >= 11 is 1.71.